The number of aliphatic hydroxyl groups is 1. The minimum Gasteiger partial charge on any atom is -0.488 e. The number of para-hydroxylation sites is 1. The first kappa shape index (κ1) is 19.3. The van der Waals surface area contributed by atoms with Gasteiger partial charge in [0.2, 0.25) is 0 Å². The van der Waals surface area contributed by atoms with Gasteiger partial charge in [0.1, 0.15) is 11.4 Å². The summed E-state index contributed by atoms with van der Waals surface area (Å²) in [5.74, 6) is 0.779. The van der Waals surface area contributed by atoms with Gasteiger partial charge in [0.05, 0.1) is 0 Å². The number of carbonyl (C=O) groups is 1. The van der Waals surface area contributed by atoms with E-state index in [4.69, 9.17) is 9.84 Å². The molecule has 0 aliphatic carbocycles. The molecule has 5 nitrogen and oxygen atoms in total. The lowest BCUT2D eigenvalue weighted by Gasteiger charge is -2.24. The molecule has 3 N–H and O–H groups in total. The monoisotopic (exact) mass is 322 g/mol. The van der Waals surface area contributed by atoms with Crippen molar-refractivity contribution in [2.45, 2.75) is 53.2 Å². The van der Waals surface area contributed by atoms with Crippen LogP contribution in [0.4, 0.5) is 4.79 Å². The molecule has 0 aromatic heterocycles. The van der Waals surface area contributed by atoms with Gasteiger partial charge in [0.15, 0.2) is 0 Å². The lowest BCUT2D eigenvalue weighted by Crippen LogP contribution is -2.40. The fourth-order valence-electron chi connectivity index (χ4n) is 2.03. The zero-order chi connectivity index (χ0) is 17.5. The van der Waals surface area contributed by atoms with Crippen molar-refractivity contribution in [3.05, 3.63) is 29.8 Å². The average Bonchev–Trinajstić information content (AvgIpc) is 2.42. The molecule has 1 aromatic carbocycles. The van der Waals surface area contributed by atoms with Crippen molar-refractivity contribution >= 4 is 6.03 Å². The smallest absolute Gasteiger partial charge is 0.315 e. The van der Waals surface area contributed by atoms with Crippen LogP contribution in [0.1, 0.15) is 46.6 Å². The third kappa shape index (κ3) is 7.88. The van der Waals surface area contributed by atoms with E-state index in [9.17, 15) is 4.79 Å². The molecule has 0 fully saturated rings. The van der Waals surface area contributed by atoms with Crippen molar-refractivity contribution in [3.63, 3.8) is 0 Å². The largest absolute Gasteiger partial charge is 0.488 e. The summed E-state index contributed by atoms with van der Waals surface area (Å²) in [6.45, 7) is 11.0. The van der Waals surface area contributed by atoms with Crippen molar-refractivity contribution < 1.29 is 14.6 Å². The topological polar surface area (TPSA) is 70.6 Å². The molecule has 0 saturated carbocycles. The Morgan fingerprint density at radius 1 is 1.13 bits per heavy atom. The van der Waals surface area contributed by atoms with Gasteiger partial charge in [-0.2, -0.15) is 0 Å². The number of hydrogen-bond acceptors (Lipinski definition) is 3. The lowest BCUT2D eigenvalue weighted by atomic mass is 9.90. The molecule has 0 heterocycles. The molecule has 0 atom stereocenters. The van der Waals surface area contributed by atoms with Crippen LogP contribution in [0, 0.1) is 5.41 Å². The second kappa shape index (κ2) is 8.20. The van der Waals surface area contributed by atoms with E-state index in [0.29, 0.717) is 19.5 Å². The number of rotatable bonds is 7. The standard InChI is InChI=1S/C18H30N2O3/c1-17(2,3)23-15-9-7-6-8-14(15)12-19-16(22)20-13-18(4,5)10-11-21/h6-9,21H,10-13H2,1-5H3,(H2,19,20,22). The van der Waals surface area contributed by atoms with Crippen LogP contribution in [-0.2, 0) is 6.54 Å². The van der Waals surface area contributed by atoms with Crippen LogP contribution in [-0.4, -0.2) is 29.9 Å². The van der Waals surface area contributed by atoms with Crippen LogP contribution < -0.4 is 15.4 Å². The van der Waals surface area contributed by atoms with Gasteiger partial charge in [0.25, 0.3) is 0 Å². The normalized spacial score (nSPS) is 11.9. The van der Waals surface area contributed by atoms with Gasteiger partial charge in [-0.05, 0) is 38.7 Å². The van der Waals surface area contributed by atoms with Gasteiger partial charge in [-0.1, -0.05) is 32.0 Å². The molecule has 5 heteroatoms. The molecule has 0 unspecified atom stereocenters. The maximum absolute atomic E-state index is 11.9. The molecule has 0 aliphatic heterocycles. The Balaban J connectivity index is 2.53. The summed E-state index contributed by atoms with van der Waals surface area (Å²) < 4.78 is 5.91. The van der Waals surface area contributed by atoms with Gasteiger partial charge in [-0.3, -0.25) is 0 Å². The van der Waals surface area contributed by atoms with E-state index in [2.05, 4.69) is 10.6 Å². The zero-order valence-electron chi connectivity index (χ0n) is 14.9. The molecular weight excluding hydrogens is 292 g/mol. The number of benzene rings is 1. The van der Waals surface area contributed by atoms with E-state index < -0.39 is 0 Å². The molecular formula is C18H30N2O3. The van der Waals surface area contributed by atoms with Gasteiger partial charge >= 0.3 is 6.03 Å². The number of hydrogen-bond donors (Lipinski definition) is 3. The molecule has 0 aliphatic rings. The minimum atomic E-state index is -0.285. The Kier molecular flexibility index (Phi) is 6.88. The summed E-state index contributed by atoms with van der Waals surface area (Å²) >= 11 is 0. The van der Waals surface area contributed by atoms with Gasteiger partial charge in [-0.15, -0.1) is 0 Å². The highest BCUT2D eigenvalue weighted by Crippen LogP contribution is 2.23. The third-order valence-corrected chi connectivity index (χ3v) is 3.34. The van der Waals surface area contributed by atoms with Crippen molar-refractivity contribution in [2.24, 2.45) is 5.41 Å². The first-order chi connectivity index (χ1) is 10.6. The molecule has 130 valence electrons. The highest BCUT2D eigenvalue weighted by atomic mass is 16.5. The summed E-state index contributed by atoms with van der Waals surface area (Å²) in [5.41, 5.74) is 0.527. The fourth-order valence-corrected chi connectivity index (χ4v) is 2.03. The molecule has 0 radical (unpaired) electrons. The third-order valence-electron chi connectivity index (χ3n) is 3.34. The molecule has 1 aromatic rings. The number of ether oxygens (including phenoxy) is 1. The van der Waals surface area contributed by atoms with Gasteiger partial charge in [0, 0.05) is 25.3 Å². The van der Waals surface area contributed by atoms with E-state index in [-0.39, 0.29) is 23.7 Å². The first-order valence-electron chi connectivity index (χ1n) is 8.02. The van der Waals surface area contributed by atoms with E-state index in [0.717, 1.165) is 11.3 Å². The second-order valence-electron chi connectivity index (χ2n) is 7.50. The predicted molar refractivity (Wildman–Crippen MR) is 92.5 cm³/mol. The highest BCUT2D eigenvalue weighted by Gasteiger charge is 2.18. The SMILES string of the molecule is CC(C)(CCO)CNC(=O)NCc1ccccc1OC(C)(C)C. The van der Waals surface area contributed by atoms with Crippen molar-refractivity contribution in [2.75, 3.05) is 13.2 Å². The number of aliphatic hydroxyl groups excluding tert-OH is 1. The molecule has 2 amide bonds. The quantitative estimate of drug-likeness (QED) is 0.722. The van der Waals surface area contributed by atoms with E-state index in [1.165, 1.54) is 0 Å². The number of amides is 2. The fraction of sp³-hybridized carbons (Fsp3) is 0.611. The number of nitrogens with one attached hydrogen (secondary N) is 2. The summed E-state index contributed by atoms with van der Waals surface area (Å²) in [7, 11) is 0. The molecule has 23 heavy (non-hydrogen) atoms. The zero-order valence-corrected chi connectivity index (χ0v) is 14.9. The molecule has 0 bridgehead atoms. The van der Waals surface area contributed by atoms with Crippen LogP contribution in [0.15, 0.2) is 24.3 Å². The molecule has 0 saturated heterocycles. The van der Waals surface area contributed by atoms with Crippen molar-refractivity contribution in [3.8, 4) is 5.75 Å². The number of carbonyl (C=O) groups excluding carboxylic acids is 1. The van der Waals surface area contributed by atoms with E-state index in [1.54, 1.807) is 0 Å². The Labute approximate surface area is 139 Å². The number of urea groups is 1. The van der Waals surface area contributed by atoms with Crippen LogP contribution in [0.5, 0.6) is 5.75 Å². The Morgan fingerprint density at radius 2 is 1.78 bits per heavy atom. The van der Waals surface area contributed by atoms with E-state index >= 15 is 0 Å². The lowest BCUT2D eigenvalue weighted by molar-refractivity contribution is 0.129. The maximum atomic E-state index is 11.9. The summed E-state index contributed by atoms with van der Waals surface area (Å²) in [5, 5.41) is 14.7. The minimum absolute atomic E-state index is 0.119. The van der Waals surface area contributed by atoms with Crippen LogP contribution in [0.3, 0.4) is 0 Å². The maximum Gasteiger partial charge on any atom is 0.315 e. The Hall–Kier alpha value is -1.75. The van der Waals surface area contributed by atoms with E-state index in [1.807, 2.05) is 58.9 Å². The molecule has 1 rings (SSSR count). The molecule has 0 spiro atoms. The summed E-state index contributed by atoms with van der Waals surface area (Å²) in [6, 6.07) is 7.47. The van der Waals surface area contributed by atoms with Gasteiger partial charge < -0.3 is 20.5 Å². The first-order valence-corrected chi connectivity index (χ1v) is 8.02. The van der Waals surface area contributed by atoms with Crippen LogP contribution in [0.2, 0.25) is 0 Å². The van der Waals surface area contributed by atoms with Crippen LogP contribution in [0.25, 0.3) is 0 Å². The van der Waals surface area contributed by atoms with Gasteiger partial charge in [-0.25, -0.2) is 4.79 Å². The predicted octanol–water partition coefficient (Wildman–Crippen LogP) is 3.07. The summed E-state index contributed by atoms with van der Waals surface area (Å²) in [6.07, 6.45) is 0.648. The van der Waals surface area contributed by atoms with Crippen molar-refractivity contribution in [1.29, 1.82) is 0 Å². The highest BCUT2D eigenvalue weighted by molar-refractivity contribution is 5.73. The Morgan fingerprint density at radius 3 is 2.39 bits per heavy atom. The second-order valence-corrected chi connectivity index (χ2v) is 7.50. The van der Waals surface area contributed by atoms with Crippen molar-refractivity contribution in [1.82, 2.24) is 10.6 Å². The Bertz CT molecular complexity index is 507. The average molecular weight is 322 g/mol. The summed E-state index contributed by atoms with van der Waals surface area (Å²) in [4.78, 5) is 11.9. The van der Waals surface area contributed by atoms with Crippen LogP contribution >= 0.6 is 0 Å².